The maximum absolute atomic E-state index is 10.7. The lowest BCUT2D eigenvalue weighted by Crippen LogP contribution is -2.02. The van der Waals surface area contributed by atoms with Crippen molar-refractivity contribution in [2.75, 3.05) is 11.9 Å². The fraction of sp³-hybridized carbons (Fsp3) is 0.286. The summed E-state index contributed by atoms with van der Waals surface area (Å²) in [4.78, 5) is 18.4. The van der Waals surface area contributed by atoms with Crippen molar-refractivity contribution in [1.29, 1.82) is 0 Å². The van der Waals surface area contributed by atoms with Gasteiger partial charge in [0.15, 0.2) is 0 Å². The molecule has 0 radical (unpaired) electrons. The van der Waals surface area contributed by atoms with Crippen LogP contribution in [-0.2, 0) is 0 Å². The van der Waals surface area contributed by atoms with Gasteiger partial charge in [0.05, 0.1) is 4.92 Å². The van der Waals surface area contributed by atoms with E-state index in [4.69, 9.17) is 4.74 Å². The third-order valence-electron chi connectivity index (χ3n) is 2.78. The molecule has 1 aromatic heterocycles. The lowest BCUT2D eigenvalue weighted by Gasteiger charge is -2.09. The summed E-state index contributed by atoms with van der Waals surface area (Å²) in [7, 11) is 0. The molecule has 0 bridgehead atoms. The van der Waals surface area contributed by atoms with Crippen molar-refractivity contribution in [3.05, 3.63) is 46.3 Å². The fourth-order valence-corrected chi connectivity index (χ4v) is 1.72. The predicted molar refractivity (Wildman–Crippen MR) is 78.7 cm³/mol. The van der Waals surface area contributed by atoms with Crippen LogP contribution < -0.4 is 10.1 Å². The maximum Gasteiger partial charge on any atom is 0.269 e. The second kappa shape index (κ2) is 6.65. The molecule has 7 heteroatoms. The molecule has 2 aromatic rings. The van der Waals surface area contributed by atoms with E-state index in [0.29, 0.717) is 23.0 Å². The van der Waals surface area contributed by atoms with Gasteiger partial charge in [0.2, 0.25) is 5.88 Å². The Hall–Kier alpha value is -2.70. The molecule has 0 saturated heterocycles. The molecule has 1 heterocycles. The van der Waals surface area contributed by atoms with Gasteiger partial charge in [-0.25, -0.2) is 9.97 Å². The van der Waals surface area contributed by atoms with E-state index < -0.39 is 4.92 Å². The topological polar surface area (TPSA) is 90.2 Å². The van der Waals surface area contributed by atoms with Gasteiger partial charge in [-0.05, 0) is 25.0 Å². The van der Waals surface area contributed by atoms with Gasteiger partial charge in [0.25, 0.3) is 5.69 Å². The van der Waals surface area contributed by atoms with E-state index in [0.717, 1.165) is 13.0 Å². The summed E-state index contributed by atoms with van der Waals surface area (Å²) in [5, 5.41) is 13.8. The zero-order valence-corrected chi connectivity index (χ0v) is 11.9. The summed E-state index contributed by atoms with van der Waals surface area (Å²) in [6, 6.07) is 6.12. The second-order valence-electron chi connectivity index (χ2n) is 4.48. The minimum Gasteiger partial charge on any atom is -0.439 e. The highest BCUT2D eigenvalue weighted by molar-refractivity contribution is 5.45. The van der Waals surface area contributed by atoms with Crippen LogP contribution in [0, 0.1) is 17.0 Å². The lowest BCUT2D eigenvalue weighted by molar-refractivity contribution is -0.384. The number of nitro benzene ring substituents is 1. The Bertz CT molecular complexity index is 646. The third kappa shape index (κ3) is 3.88. The minimum absolute atomic E-state index is 0.0350. The zero-order chi connectivity index (χ0) is 15.2. The molecule has 0 atom stereocenters. The van der Waals surface area contributed by atoms with Gasteiger partial charge in [0.1, 0.15) is 17.9 Å². The number of non-ortho nitro benzene ring substituents is 1. The Balaban J connectivity index is 2.16. The van der Waals surface area contributed by atoms with E-state index in [9.17, 15) is 10.1 Å². The van der Waals surface area contributed by atoms with Crippen molar-refractivity contribution in [3.63, 3.8) is 0 Å². The molecular weight excluding hydrogens is 272 g/mol. The Morgan fingerprint density at radius 2 is 2.14 bits per heavy atom. The minimum atomic E-state index is -0.436. The van der Waals surface area contributed by atoms with Gasteiger partial charge in [-0.2, -0.15) is 0 Å². The van der Waals surface area contributed by atoms with Crippen molar-refractivity contribution >= 4 is 11.5 Å². The number of ether oxygens (including phenoxy) is 1. The van der Waals surface area contributed by atoms with Gasteiger partial charge in [0, 0.05) is 24.7 Å². The molecule has 0 aliphatic heterocycles. The Morgan fingerprint density at radius 3 is 2.81 bits per heavy atom. The lowest BCUT2D eigenvalue weighted by atomic mass is 10.2. The van der Waals surface area contributed by atoms with Gasteiger partial charge in [-0.1, -0.05) is 6.92 Å². The number of benzene rings is 1. The highest BCUT2D eigenvalue weighted by Gasteiger charge is 2.10. The highest BCUT2D eigenvalue weighted by atomic mass is 16.6. The average Bonchev–Trinajstić information content (AvgIpc) is 2.47. The van der Waals surface area contributed by atoms with Crippen LogP contribution in [0.4, 0.5) is 11.5 Å². The zero-order valence-electron chi connectivity index (χ0n) is 11.9. The molecule has 21 heavy (non-hydrogen) atoms. The van der Waals surface area contributed by atoms with Crippen molar-refractivity contribution in [2.24, 2.45) is 0 Å². The quantitative estimate of drug-likeness (QED) is 0.647. The third-order valence-corrected chi connectivity index (χ3v) is 2.78. The molecule has 1 N–H and O–H groups in total. The first kappa shape index (κ1) is 14.7. The maximum atomic E-state index is 10.7. The second-order valence-corrected chi connectivity index (χ2v) is 4.48. The molecule has 1 aromatic carbocycles. The number of nitrogens with zero attached hydrogens (tertiary/aromatic N) is 3. The van der Waals surface area contributed by atoms with E-state index in [1.165, 1.54) is 18.5 Å². The average molecular weight is 288 g/mol. The van der Waals surface area contributed by atoms with Crippen LogP contribution in [-0.4, -0.2) is 21.4 Å². The van der Waals surface area contributed by atoms with Gasteiger partial charge >= 0.3 is 0 Å². The highest BCUT2D eigenvalue weighted by Crippen LogP contribution is 2.27. The van der Waals surface area contributed by atoms with E-state index in [-0.39, 0.29) is 5.69 Å². The molecule has 110 valence electrons. The smallest absolute Gasteiger partial charge is 0.269 e. The number of hydrogen-bond donors (Lipinski definition) is 1. The van der Waals surface area contributed by atoms with Gasteiger partial charge in [-0.3, -0.25) is 10.1 Å². The normalized spacial score (nSPS) is 10.2. The van der Waals surface area contributed by atoms with Crippen LogP contribution in [0.5, 0.6) is 11.6 Å². The first-order valence-corrected chi connectivity index (χ1v) is 6.59. The number of aryl methyl sites for hydroxylation is 1. The predicted octanol–water partition coefficient (Wildman–Crippen LogP) is 3.31. The van der Waals surface area contributed by atoms with Crippen molar-refractivity contribution < 1.29 is 9.66 Å². The Kier molecular flexibility index (Phi) is 4.65. The molecule has 2 rings (SSSR count). The van der Waals surface area contributed by atoms with Crippen LogP contribution >= 0.6 is 0 Å². The summed E-state index contributed by atoms with van der Waals surface area (Å²) in [6.45, 7) is 4.62. The summed E-state index contributed by atoms with van der Waals surface area (Å²) < 4.78 is 5.65. The Labute approximate surface area is 122 Å². The van der Waals surface area contributed by atoms with Crippen molar-refractivity contribution in [1.82, 2.24) is 9.97 Å². The van der Waals surface area contributed by atoms with Crippen molar-refractivity contribution in [3.8, 4) is 11.6 Å². The summed E-state index contributed by atoms with van der Waals surface area (Å²) in [6.07, 6.45) is 2.40. The molecule has 0 aliphatic carbocycles. The van der Waals surface area contributed by atoms with Gasteiger partial charge < -0.3 is 10.1 Å². The van der Waals surface area contributed by atoms with Gasteiger partial charge in [-0.15, -0.1) is 0 Å². The SMILES string of the molecule is CCCNc1cc(Oc2ccc([N+](=O)[O-])cc2C)ncn1. The summed E-state index contributed by atoms with van der Waals surface area (Å²) in [5.74, 6) is 1.60. The largest absolute Gasteiger partial charge is 0.439 e. The molecule has 7 nitrogen and oxygen atoms in total. The van der Waals surface area contributed by atoms with E-state index in [2.05, 4.69) is 22.2 Å². The standard InChI is InChI=1S/C14H16N4O3/c1-3-6-15-13-8-14(17-9-16-13)21-12-5-4-11(18(19)20)7-10(12)2/h4-5,7-9H,3,6H2,1-2H3,(H,15,16,17). The molecule has 0 spiro atoms. The number of rotatable bonds is 6. The molecule has 0 unspecified atom stereocenters. The number of nitro groups is 1. The molecule has 0 amide bonds. The number of anilines is 1. The number of nitrogens with one attached hydrogen (secondary N) is 1. The number of aromatic nitrogens is 2. The monoisotopic (exact) mass is 288 g/mol. The number of hydrogen-bond acceptors (Lipinski definition) is 6. The molecule has 0 aliphatic rings. The van der Waals surface area contributed by atoms with E-state index in [1.54, 1.807) is 19.1 Å². The molecule has 0 fully saturated rings. The van der Waals surface area contributed by atoms with Crippen LogP contribution in [0.3, 0.4) is 0 Å². The van der Waals surface area contributed by atoms with Crippen LogP contribution in [0.2, 0.25) is 0 Å². The molecule has 0 saturated carbocycles. The molecular formula is C14H16N4O3. The van der Waals surface area contributed by atoms with Crippen LogP contribution in [0.1, 0.15) is 18.9 Å². The fourth-order valence-electron chi connectivity index (χ4n) is 1.72. The van der Waals surface area contributed by atoms with E-state index >= 15 is 0 Å². The summed E-state index contributed by atoms with van der Waals surface area (Å²) >= 11 is 0. The van der Waals surface area contributed by atoms with E-state index in [1.807, 2.05) is 0 Å². The Morgan fingerprint density at radius 1 is 1.33 bits per heavy atom. The first-order chi connectivity index (χ1) is 10.1. The summed E-state index contributed by atoms with van der Waals surface area (Å²) in [5.41, 5.74) is 0.707. The van der Waals surface area contributed by atoms with Crippen molar-refractivity contribution in [2.45, 2.75) is 20.3 Å². The van der Waals surface area contributed by atoms with Crippen LogP contribution in [0.15, 0.2) is 30.6 Å². The first-order valence-electron chi connectivity index (χ1n) is 6.59. The van der Waals surface area contributed by atoms with Crippen LogP contribution in [0.25, 0.3) is 0 Å².